The van der Waals surface area contributed by atoms with Crippen molar-refractivity contribution in [2.45, 2.75) is 51.0 Å². The van der Waals surface area contributed by atoms with Gasteiger partial charge in [-0.15, -0.1) is 5.11 Å². The van der Waals surface area contributed by atoms with Gasteiger partial charge < -0.3 is 14.2 Å². The molecule has 0 spiro atoms. The summed E-state index contributed by atoms with van der Waals surface area (Å²) in [4.78, 5) is 9.81. The van der Waals surface area contributed by atoms with Crippen LogP contribution in [0.5, 0.6) is 0 Å². The van der Waals surface area contributed by atoms with Crippen molar-refractivity contribution in [3.05, 3.63) is 108 Å². The molecule has 3 aromatic carbocycles. The van der Waals surface area contributed by atoms with Crippen LogP contribution in [0, 0.1) is 0 Å². The zero-order valence-electron chi connectivity index (χ0n) is 22.1. The van der Waals surface area contributed by atoms with Crippen molar-refractivity contribution >= 4 is 22.2 Å². The summed E-state index contributed by atoms with van der Waals surface area (Å²) in [6.07, 6.45) is 6.07. The molecule has 0 aliphatic carbocycles. The van der Waals surface area contributed by atoms with Gasteiger partial charge in [0.1, 0.15) is 16.9 Å². The van der Waals surface area contributed by atoms with Crippen LogP contribution in [0.2, 0.25) is 0 Å². The normalized spacial score (nSPS) is 14.7. The van der Waals surface area contributed by atoms with E-state index in [0.29, 0.717) is 29.4 Å². The molecule has 8 nitrogen and oxygen atoms in total. The lowest BCUT2D eigenvalue weighted by Crippen LogP contribution is -2.39. The predicted octanol–water partition coefficient (Wildman–Crippen LogP) is 7.20. The zero-order valence-corrected chi connectivity index (χ0v) is 22.1. The quantitative estimate of drug-likeness (QED) is 0.179. The second-order valence-electron chi connectivity index (χ2n) is 9.82. The SMILES string of the molecule is CCCCCCNC1=C(CCc2ccccc2)C(c2nc3ccccc3o2)(c2nc3ccccc3o2)N=NN1. The first-order valence-corrected chi connectivity index (χ1v) is 13.7. The van der Waals surface area contributed by atoms with Crippen molar-refractivity contribution in [1.82, 2.24) is 20.7 Å². The number of oxazole rings is 2. The molecular formula is C31H32N6O2. The van der Waals surface area contributed by atoms with Gasteiger partial charge in [-0.2, -0.15) is 0 Å². The summed E-state index contributed by atoms with van der Waals surface area (Å²) in [6.45, 7) is 3.03. The smallest absolute Gasteiger partial charge is 0.259 e. The van der Waals surface area contributed by atoms with E-state index in [4.69, 9.17) is 23.9 Å². The maximum atomic E-state index is 6.39. The average molecular weight is 521 g/mol. The van der Waals surface area contributed by atoms with Gasteiger partial charge in [0.15, 0.2) is 11.2 Å². The lowest BCUT2D eigenvalue weighted by molar-refractivity contribution is 0.324. The number of fused-ring (bicyclic) bond motifs is 2. The lowest BCUT2D eigenvalue weighted by Gasteiger charge is -2.31. The molecule has 8 heteroatoms. The minimum absolute atomic E-state index is 0.383. The minimum atomic E-state index is -1.27. The second-order valence-corrected chi connectivity index (χ2v) is 9.82. The van der Waals surface area contributed by atoms with E-state index in [1.54, 1.807) is 0 Å². The molecule has 0 bridgehead atoms. The molecule has 0 atom stereocenters. The third kappa shape index (κ3) is 4.90. The van der Waals surface area contributed by atoms with Crippen LogP contribution in [0.15, 0.2) is 109 Å². The maximum absolute atomic E-state index is 6.39. The van der Waals surface area contributed by atoms with Crippen molar-refractivity contribution in [2.75, 3.05) is 6.54 Å². The Morgan fingerprint density at radius 3 is 2.03 bits per heavy atom. The number of benzene rings is 3. The first kappa shape index (κ1) is 24.9. The molecule has 2 aromatic heterocycles. The standard InChI is InChI=1S/C31H32N6O2/c1-2-3-4-12-21-32-28-23(20-19-22-13-6-5-7-14-22)31(36-37-35-28,29-33-24-15-8-10-17-26(24)38-29)30-34-25-16-9-11-18-27(25)39-30/h5-11,13-18,32H,2-4,12,19-21H2,1H3,(H,35,36). The van der Waals surface area contributed by atoms with Gasteiger partial charge in [0, 0.05) is 12.1 Å². The Labute approximate surface area is 227 Å². The Bertz CT molecular complexity index is 1480. The summed E-state index contributed by atoms with van der Waals surface area (Å²) in [5.41, 5.74) is 6.86. The van der Waals surface area contributed by atoms with Gasteiger partial charge in [0.25, 0.3) is 5.54 Å². The Morgan fingerprint density at radius 1 is 0.744 bits per heavy atom. The summed E-state index contributed by atoms with van der Waals surface area (Å²) in [5.74, 6) is 1.56. The first-order chi connectivity index (χ1) is 19.3. The van der Waals surface area contributed by atoms with E-state index < -0.39 is 5.54 Å². The van der Waals surface area contributed by atoms with E-state index in [-0.39, 0.29) is 0 Å². The fraction of sp³-hybridized carbons (Fsp3) is 0.290. The van der Waals surface area contributed by atoms with Gasteiger partial charge in [-0.05, 0) is 49.1 Å². The van der Waals surface area contributed by atoms with Crippen LogP contribution in [0.1, 0.15) is 56.4 Å². The van der Waals surface area contributed by atoms with Crippen molar-refractivity contribution in [3.8, 4) is 0 Å². The molecule has 6 rings (SSSR count). The number of unbranched alkanes of at least 4 members (excludes halogenated alkanes) is 3. The molecule has 39 heavy (non-hydrogen) atoms. The molecule has 198 valence electrons. The van der Waals surface area contributed by atoms with Crippen LogP contribution in [0.3, 0.4) is 0 Å². The number of para-hydroxylation sites is 4. The van der Waals surface area contributed by atoms with E-state index in [9.17, 15) is 0 Å². The zero-order chi connectivity index (χ0) is 26.5. The lowest BCUT2D eigenvalue weighted by atomic mass is 9.85. The van der Waals surface area contributed by atoms with Gasteiger partial charge in [0.2, 0.25) is 11.8 Å². The Balaban J connectivity index is 1.50. The van der Waals surface area contributed by atoms with Crippen LogP contribution in [-0.4, -0.2) is 16.5 Å². The van der Waals surface area contributed by atoms with Gasteiger partial charge in [-0.3, -0.25) is 0 Å². The molecule has 1 aliphatic heterocycles. The first-order valence-electron chi connectivity index (χ1n) is 13.7. The summed E-state index contributed by atoms with van der Waals surface area (Å²) in [6, 6.07) is 25.9. The van der Waals surface area contributed by atoms with Gasteiger partial charge >= 0.3 is 0 Å². The molecule has 0 radical (unpaired) electrons. The number of aryl methyl sites for hydroxylation is 1. The summed E-state index contributed by atoms with van der Waals surface area (Å²) in [5, 5.41) is 12.8. The van der Waals surface area contributed by atoms with E-state index in [1.807, 2.05) is 54.6 Å². The number of nitrogens with zero attached hydrogens (tertiary/aromatic N) is 4. The number of hydrogen-bond donors (Lipinski definition) is 2. The average Bonchev–Trinajstić information content (AvgIpc) is 3.62. The predicted molar refractivity (Wildman–Crippen MR) is 151 cm³/mol. The summed E-state index contributed by atoms with van der Waals surface area (Å²) in [7, 11) is 0. The van der Waals surface area contributed by atoms with E-state index in [0.717, 1.165) is 41.8 Å². The highest BCUT2D eigenvalue weighted by molar-refractivity contribution is 5.74. The van der Waals surface area contributed by atoms with Gasteiger partial charge in [-0.1, -0.05) is 86.0 Å². The highest BCUT2D eigenvalue weighted by Gasteiger charge is 2.51. The molecule has 0 unspecified atom stereocenters. The highest BCUT2D eigenvalue weighted by atomic mass is 16.4. The molecule has 1 aliphatic rings. The van der Waals surface area contributed by atoms with E-state index in [1.165, 1.54) is 24.8 Å². The van der Waals surface area contributed by atoms with Crippen LogP contribution in [0.25, 0.3) is 22.2 Å². The molecule has 0 amide bonds. The molecule has 2 N–H and O–H groups in total. The van der Waals surface area contributed by atoms with Crippen LogP contribution >= 0.6 is 0 Å². The number of nitrogens with one attached hydrogen (secondary N) is 2. The Kier molecular flexibility index (Phi) is 7.08. The molecule has 0 saturated carbocycles. The van der Waals surface area contributed by atoms with Crippen LogP contribution < -0.4 is 10.7 Å². The maximum Gasteiger partial charge on any atom is 0.259 e. The molecule has 3 heterocycles. The van der Waals surface area contributed by atoms with E-state index in [2.05, 4.69) is 47.2 Å². The Hall–Kier alpha value is -4.46. The van der Waals surface area contributed by atoms with Gasteiger partial charge in [0.05, 0.1) is 0 Å². The molecule has 0 saturated heterocycles. The largest absolute Gasteiger partial charge is 0.437 e. The molecule has 5 aromatic rings. The van der Waals surface area contributed by atoms with Crippen molar-refractivity contribution in [1.29, 1.82) is 0 Å². The summed E-state index contributed by atoms with van der Waals surface area (Å²) >= 11 is 0. The van der Waals surface area contributed by atoms with Crippen molar-refractivity contribution in [3.63, 3.8) is 0 Å². The van der Waals surface area contributed by atoms with Crippen molar-refractivity contribution < 1.29 is 8.83 Å². The fourth-order valence-corrected chi connectivity index (χ4v) is 5.08. The van der Waals surface area contributed by atoms with Crippen molar-refractivity contribution in [2.24, 2.45) is 10.3 Å². The monoisotopic (exact) mass is 520 g/mol. The molecule has 0 fully saturated rings. The third-order valence-corrected chi connectivity index (χ3v) is 7.15. The fourth-order valence-electron chi connectivity index (χ4n) is 5.08. The van der Waals surface area contributed by atoms with E-state index >= 15 is 0 Å². The Morgan fingerprint density at radius 2 is 1.38 bits per heavy atom. The number of aromatic nitrogens is 2. The summed E-state index contributed by atoms with van der Waals surface area (Å²) < 4.78 is 12.8. The minimum Gasteiger partial charge on any atom is -0.437 e. The van der Waals surface area contributed by atoms with Crippen LogP contribution in [0.4, 0.5) is 0 Å². The highest BCUT2D eigenvalue weighted by Crippen LogP contribution is 2.46. The number of hydrogen-bond acceptors (Lipinski definition) is 8. The second kappa shape index (κ2) is 11.1. The van der Waals surface area contributed by atoms with Gasteiger partial charge in [-0.25, -0.2) is 15.4 Å². The molecular weight excluding hydrogens is 488 g/mol. The number of rotatable bonds is 11. The van der Waals surface area contributed by atoms with Crippen LogP contribution in [-0.2, 0) is 12.0 Å². The third-order valence-electron chi connectivity index (χ3n) is 7.15. The topological polar surface area (TPSA) is 101 Å².